The maximum Gasteiger partial charge on any atom is 0.0230 e. The number of hydrogen-bond donors (Lipinski definition) is 1. The molecule has 0 aliphatic heterocycles. The lowest BCUT2D eigenvalue weighted by atomic mass is 10.0. The van der Waals surface area contributed by atoms with E-state index >= 15 is 0 Å². The second-order valence-electron chi connectivity index (χ2n) is 4.86. The molecule has 0 fully saturated rings. The molecule has 0 spiro atoms. The third-order valence-corrected chi connectivity index (χ3v) is 3.42. The zero-order chi connectivity index (χ0) is 12.7. The van der Waals surface area contributed by atoms with Crippen molar-refractivity contribution in [2.24, 2.45) is 11.7 Å². The monoisotopic (exact) mass is 298 g/mol. The molecule has 0 bridgehead atoms. The van der Waals surface area contributed by atoms with Crippen LogP contribution in [0.1, 0.15) is 25.3 Å². The molecule has 96 valence electrons. The Morgan fingerprint density at radius 2 is 1.94 bits per heavy atom. The van der Waals surface area contributed by atoms with Crippen LogP contribution in [0, 0.1) is 5.92 Å². The number of nitrogens with two attached hydrogens (primary N) is 1. The lowest BCUT2D eigenvalue weighted by Gasteiger charge is -2.21. The fraction of sp³-hybridized carbons (Fsp3) is 0.571. The Balaban J connectivity index is 2.33. The van der Waals surface area contributed by atoms with Crippen molar-refractivity contribution in [3.63, 3.8) is 0 Å². The van der Waals surface area contributed by atoms with Gasteiger partial charge in [0.05, 0.1) is 0 Å². The van der Waals surface area contributed by atoms with Crippen molar-refractivity contribution < 1.29 is 0 Å². The SMILES string of the molecule is CC(CCCN)CN(C)Cc1ccc(Br)cc1. The summed E-state index contributed by atoms with van der Waals surface area (Å²) in [5.41, 5.74) is 6.89. The van der Waals surface area contributed by atoms with Crippen LogP contribution in [0.3, 0.4) is 0 Å². The standard InChI is InChI=1S/C14H23BrN2/c1-12(4-3-9-16)10-17(2)11-13-5-7-14(15)8-6-13/h5-8,12H,3-4,9-11,16H2,1-2H3. The zero-order valence-corrected chi connectivity index (χ0v) is 12.4. The molecule has 0 aliphatic carbocycles. The number of nitrogens with zero attached hydrogens (tertiary/aromatic N) is 1. The van der Waals surface area contributed by atoms with E-state index in [1.165, 1.54) is 12.0 Å². The van der Waals surface area contributed by atoms with Gasteiger partial charge in [0.2, 0.25) is 0 Å². The van der Waals surface area contributed by atoms with Gasteiger partial charge < -0.3 is 10.6 Å². The molecule has 17 heavy (non-hydrogen) atoms. The predicted molar refractivity (Wildman–Crippen MR) is 77.9 cm³/mol. The van der Waals surface area contributed by atoms with E-state index in [-0.39, 0.29) is 0 Å². The first-order valence-electron chi connectivity index (χ1n) is 6.25. The van der Waals surface area contributed by atoms with E-state index in [9.17, 15) is 0 Å². The van der Waals surface area contributed by atoms with Gasteiger partial charge in [-0.3, -0.25) is 0 Å². The number of hydrogen-bond acceptors (Lipinski definition) is 2. The normalized spacial score (nSPS) is 13.0. The highest BCUT2D eigenvalue weighted by molar-refractivity contribution is 9.10. The quantitative estimate of drug-likeness (QED) is 0.837. The summed E-state index contributed by atoms with van der Waals surface area (Å²) in [6.45, 7) is 5.25. The van der Waals surface area contributed by atoms with Gasteiger partial charge in [-0.05, 0) is 50.0 Å². The van der Waals surface area contributed by atoms with Gasteiger partial charge in [-0.1, -0.05) is 35.0 Å². The largest absolute Gasteiger partial charge is 0.330 e. The van der Waals surface area contributed by atoms with Crippen LogP contribution in [0.4, 0.5) is 0 Å². The van der Waals surface area contributed by atoms with E-state index in [0.717, 1.165) is 36.4 Å². The summed E-state index contributed by atoms with van der Waals surface area (Å²) in [6.07, 6.45) is 2.36. The van der Waals surface area contributed by atoms with Crippen LogP contribution in [-0.2, 0) is 6.54 Å². The molecule has 0 aliphatic rings. The van der Waals surface area contributed by atoms with Crippen molar-refractivity contribution in [2.75, 3.05) is 20.1 Å². The minimum atomic E-state index is 0.721. The van der Waals surface area contributed by atoms with Crippen LogP contribution in [0.25, 0.3) is 0 Å². The molecule has 2 nitrogen and oxygen atoms in total. The molecule has 1 atom stereocenters. The second kappa shape index (κ2) is 7.85. The van der Waals surface area contributed by atoms with Gasteiger partial charge in [0, 0.05) is 17.6 Å². The van der Waals surface area contributed by atoms with E-state index in [1.807, 2.05) is 0 Å². The van der Waals surface area contributed by atoms with Crippen molar-refractivity contribution in [1.82, 2.24) is 4.90 Å². The van der Waals surface area contributed by atoms with Gasteiger partial charge >= 0.3 is 0 Å². The van der Waals surface area contributed by atoms with Crippen molar-refractivity contribution in [2.45, 2.75) is 26.3 Å². The molecular weight excluding hydrogens is 276 g/mol. The molecule has 0 radical (unpaired) electrons. The predicted octanol–water partition coefficient (Wildman–Crippen LogP) is 3.26. The maximum absolute atomic E-state index is 5.53. The lowest BCUT2D eigenvalue weighted by Crippen LogP contribution is -2.24. The third-order valence-electron chi connectivity index (χ3n) is 2.89. The molecule has 2 N–H and O–H groups in total. The zero-order valence-electron chi connectivity index (χ0n) is 10.8. The van der Waals surface area contributed by atoms with Crippen LogP contribution in [0.5, 0.6) is 0 Å². The van der Waals surface area contributed by atoms with Gasteiger partial charge in [-0.15, -0.1) is 0 Å². The topological polar surface area (TPSA) is 29.3 Å². The number of halogens is 1. The van der Waals surface area contributed by atoms with Gasteiger partial charge in [0.25, 0.3) is 0 Å². The number of rotatable bonds is 7. The van der Waals surface area contributed by atoms with Crippen molar-refractivity contribution in [3.8, 4) is 0 Å². The highest BCUT2D eigenvalue weighted by atomic mass is 79.9. The molecule has 0 aromatic heterocycles. The van der Waals surface area contributed by atoms with E-state index in [1.54, 1.807) is 0 Å². The third kappa shape index (κ3) is 6.20. The Bertz CT molecular complexity index is 311. The molecule has 0 saturated heterocycles. The van der Waals surface area contributed by atoms with Crippen molar-refractivity contribution >= 4 is 15.9 Å². The first-order valence-corrected chi connectivity index (χ1v) is 7.04. The maximum atomic E-state index is 5.53. The fourth-order valence-corrected chi connectivity index (χ4v) is 2.32. The average molecular weight is 299 g/mol. The van der Waals surface area contributed by atoms with Gasteiger partial charge in [0.1, 0.15) is 0 Å². The molecule has 1 rings (SSSR count). The Morgan fingerprint density at radius 1 is 1.29 bits per heavy atom. The molecule has 0 amide bonds. The van der Waals surface area contributed by atoms with Crippen LogP contribution < -0.4 is 5.73 Å². The van der Waals surface area contributed by atoms with E-state index < -0.39 is 0 Å². The first kappa shape index (κ1) is 14.7. The van der Waals surface area contributed by atoms with Crippen LogP contribution >= 0.6 is 15.9 Å². The molecule has 0 heterocycles. The van der Waals surface area contributed by atoms with Crippen molar-refractivity contribution in [1.29, 1.82) is 0 Å². The van der Waals surface area contributed by atoms with E-state index in [2.05, 4.69) is 59.1 Å². The fourth-order valence-electron chi connectivity index (χ4n) is 2.06. The molecule has 0 saturated carbocycles. The summed E-state index contributed by atoms with van der Waals surface area (Å²) < 4.78 is 1.14. The van der Waals surface area contributed by atoms with E-state index in [4.69, 9.17) is 5.73 Å². The summed E-state index contributed by atoms with van der Waals surface area (Å²) in [6, 6.07) is 8.54. The van der Waals surface area contributed by atoms with E-state index in [0.29, 0.717) is 0 Å². The lowest BCUT2D eigenvalue weighted by molar-refractivity contribution is 0.269. The smallest absolute Gasteiger partial charge is 0.0230 e. The van der Waals surface area contributed by atoms with Gasteiger partial charge in [-0.25, -0.2) is 0 Å². The summed E-state index contributed by atoms with van der Waals surface area (Å²) in [5, 5.41) is 0. The van der Waals surface area contributed by atoms with Crippen molar-refractivity contribution in [3.05, 3.63) is 34.3 Å². The highest BCUT2D eigenvalue weighted by Crippen LogP contribution is 2.13. The summed E-state index contributed by atoms with van der Waals surface area (Å²) >= 11 is 3.45. The van der Waals surface area contributed by atoms with Gasteiger partial charge in [-0.2, -0.15) is 0 Å². The second-order valence-corrected chi connectivity index (χ2v) is 5.77. The number of benzene rings is 1. The van der Waals surface area contributed by atoms with Crippen LogP contribution in [0.2, 0.25) is 0 Å². The molecule has 3 heteroatoms. The summed E-state index contributed by atoms with van der Waals surface area (Å²) in [4.78, 5) is 2.38. The Morgan fingerprint density at radius 3 is 2.53 bits per heavy atom. The Kier molecular flexibility index (Phi) is 6.78. The first-order chi connectivity index (χ1) is 8.11. The van der Waals surface area contributed by atoms with Crippen LogP contribution in [0.15, 0.2) is 28.7 Å². The Hall–Kier alpha value is -0.380. The molecular formula is C14H23BrN2. The summed E-state index contributed by atoms with van der Waals surface area (Å²) in [7, 11) is 2.18. The molecule has 1 aromatic carbocycles. The summed E-state index contributed by atoms with van der Waals surface area (Å²) in [5.74, 6) is 0.721. The molecule has 1 unspecified atom stereocenters. The van der Waals surface area contributed by atoms with Gasteiger partial charge in [0.15, 0.2) is 0 Å². The highest BCUT2D eigenvalue weighted by Gasteiger charge is 2.06. The minimum Gasteiger partial charge on any atom is -0.330 e. The molecule has 1 aromatic rings. The average Bonchev–Trinajstić information content (AvgIpc) is 2.29. The minimum absolute atomic E-state index is 0.721. The Labute approximate surface area is 113 Å². The van der Waals surface area contributed by atoms with Crippen LogP contribution in [-0.4, -0.2) is 25.0 Å².